The van der Waals surface area contributed by atoms with Crippen LogP contribution in [0.25, 0.3) is 21.3 Å². The Morgan fingerprint density at radius 3 is 2.58 bits per heavy atom. The van der Waals surface area contributed by atoms with Crippen LogP contribution in [0, 0.1) is 6.92 Å². The van der Waals surface area contributed by atoms with Gasteiger partial charge in [0.2, 0.25) is 0 Å². The van der Waals surface area contributed by atoms with E-state index in [9.17, 15) is 9.59 Å². The fourth-order valence-corrected chi connectivity index (χ4v) is 3.81. The van der Waals surface area contributed by atoms with Gasteiger partial charge in [-0.1, -0.05) is 30.3 Å². The van der Waals surface area contributed by atoms with Crippen molar-refractivity contribution in [3.63, 3.8) is 0 Å². The van der Waals surface area contributed by atoms with Crippen molar-refractivity contribution in [2.75, 3.05) is 5.43 Å². The predicted molar refractivity (Wildman–Crippen MR) is 102 cm³/mol. The average molecular weight is 362 g/mol. The maximum absolute atomic E-state index is 13.0. The summed E-state index contributed by atoms with van der Waals surface area (Å²) in [6, 6.07) is 12.9. The quantitative estimate of drug-likeness (QED) is 0.607. The van der Waals surface area contributed by atoms with Crippen LogP contribution in [0.5, 0.6) is 0 Å². The molecule has 6 nitrogen and oxygen atoms in total. The number of carbonyl (C=O) groups is 1. The monoisotopic (exact) mass is 362 g/mol. The molecule has 26 heavy (non-hydrogen) atoms. The minimum absolute atomic E-state index is 0.305. The molecule has 0 saturated carbocycles. The van der Waals surface area contributed by atoms with E-state index in [-0.39, 0.29) is 5.56 Å². The van der Waals surface area contributed by atoms with Crippen molar-refractivity contribution < 1.29 is 4.79 Å². The van der Waals surface area contributed by atoms with Gasteiger partial charge in [-0.3, -0.25) is 20.0 Å². The van der Waals surface area contributed by atoms with Crippen molar-refractivity contribution >= 4 is 27.5 Å². The van der Waals surface area contributed by atoms with Gasteiger partial charge in [0, 0.05) is 28.4 Å². The number of rotatable bonds is 3. The molecule has 0 unspecified atom stereocenters. The maximum Gasteiger partial charge on any atom is 0.281 e. The van der Waals surface area contributed by atoms with E-state index < -0.39 is 5.91 Å². The van der Waals surface area contributed by atoms with E-state index in [1.807, 2.05) is 37.3 Å². The van der Waals surface area contributed by atoms with E-state index in [0.29, 0.717) is 15.8 Å². The lowest BCUT2D eigenvalue weighted by Crippen LogP contribution is -2.33. The van der Waals surface area contributed by atoms with E-state index in [4.69, 9.17) is 0 Å². The zero-order valence-electron chi connectivity index (χ0n) is 13.8. The number of amides is 1. The van der Waals surface area contributed by atoms with Gasteiger partial charge in [-0.15, -0.1) is 11.3 Å². The smallest absolute Gasteiger partial charge is 0.267 e. The first-order chi connectivity index (χ1) is 12.6. The van der Waals surface area contributed by atoms with Gasteiger partial charge < -0.3 is 0 Å². The molecule has 0 aliphatic carbocycles. The number of nitrogens with one attached hydrogen (secondary N) is 1. The third kappa shape index (κ3) is 2.78. The zero-order chi connectivity index (χ0) is 18.1. The molecule has 128 valence electrons. The van der Waals surface area contributed by atoms with Crippen LogP contribution in [0.1, 0.15) is 15.2 Å². The highest BCUT2D eigenvalue weighted by Gasteiger charge is 2.17. The number of thiophene rings is 1. The van der Waals surface area contributed by atoms with E-state index in [1.54, 1.807) is 12.1 Å². The van der Waals surface area contributed by atoms with Crippen molar-refractivity contribution in [1.82, 2.24) is 14.6 Å². The van der Waals surface area contributed by atoms with Crippen LogP contribution < -0.4 is 11.0 Å². The summed E-state index contributed by atoms with van der Waals surface area (Å²) >= 11 is 1.47. The number of fused-ring (bicyclic) bond motifs is 1. The third-order valence-electron chi connectivity index (χ3n) is 4.02. The minimum Gasteiger partial charge on any atom is -0.267 e. The van der Waals surface area contributed by atoms with Crippen LogP contribution in [0.4, 0.5) is 0 Å². The number of nitrogens with zero attached hydrogens (tertiary/aromatic N) is 3. The third-order valence-corrected chi connectivity index (χ3v) is 5.03. The van der Waals surface area contributed by atoms with Gasteiger partial charge in [0.25, 0.3) is 11.5 Å². The van der Waals surface area contributed by atoms with Gasteiger partial charge in [-0.2, -0.15) is 0 Å². The summed E-state index contributed by atoms with van der Waals surface area (Å²) < 4.78 is 1.13. The fraction of sp³-hybridized carbons (Fsp3) is 0.0526. The van der Waals surface area contributed by atoms with Crippen LogP contribution in [0.2, 0.25) is 0 Å². The number of aryl methyl sites for hydroxylation is 1. The molecule has 3 aromatic heterocycles. The van der Waals surface area contributed by atoms with Crippen molar-refractivity contribution in [3.8, 4) is 11.1 Å². The number of benzene rings is 1. The lowest BCUT2D eigenvalue weighted by molar-refractivity contribution is 0.101. The summed E-state index contributed by atoms with van der Waals surface area (Å²) in [6.45, 7) is 1.97. The SMILES string of the molecule is Cc1sc2ncn(NC(=O)c3ccncc3)c(=O)c2c1-c1ccccc1. The first-order valence-corrected chi connectivity index (χ1v) is 8.74. The molecule has 0 atom stereocenters. The molecular formula is C19H14N4O2S. The Kier molecular flexibility index (Phi) is 4.06. The summed E-state index contributed by atoms with van der Waals surface area (Å²) in [5.41, 5.74) is 4.50. The lowest BCUT2D eigenvalue weighted by Gasteiger charge is -2.08. The van der Waals surface area contributed by atoms with Gasteiger partial charge in [-0.05, 0) is 24.6 Å². The summed E-state index contributed by atoms with van der Waals surface area (Å²) in [6.07, 6.45) is 4.39. The Morgan fingerprint density at radius 2 is 1.85 bits per heavy atom. The number of hydrogen-bond donors (Lipinski definition) is 1. The second-order valence-corrected chi connectivity index (χ2v) is 6.88. The van der Waals surface area contributed by atoms with Crippen LogP contribution in [0.15, 0.2) is 66.0 Å². The molecule has 3 heterocycles. The molecule has 7 heteroatoms. The van der Waals surface area contributed by atoms with Crippen LogP contribution in [-0.2, 0) is 0 Å². The number of carbonyl (C=O) groups excluding carboxylic acids is 1. The first kappa shape index (κ1) is 16.2. The van der Waals surface area contributed by atoms with E-state index in [0.717, 1.165) is 20.7 Å². The molecule has 1 aromatic carbocycles. The minimum atomic E-state index is -0.399. The Bertz CT molecular complexity index is 1150. The number of aromatic nitrogens is 3. The van der Waals surface area contributed by atoms with Crippen LogP contribution in [-0.4, -0.2) is 20.6 Å². The molecule has 0 saturated heterocycles. The molecule has 4 rings (SSSR count). The maximum atomic E-state index is 13.0. The molecule has 0 bridgehead atoms. The molecule has 0 aliphatic rings. The predicted octanol–water partition coefficient (Wildman–Crippen LogP) is 3.21. The summed E-state index contributed by atoms with van der Waals surface area (Å²) in [5, 5.41) is 0.510. The molecule has 0 fully saturated rings. The Morgan fingerprint density at radius 1 is 1.12 bits per heavy atom. The van der Waals surface area contributed by atoms with E-state index >= 15 is 0 Å². The summed E-state index contributed by atoms with van der Waals surface area (Å²) in [5.74, 6) is -0.399. The standard InChI is InChI=1S/C19H14N4O2S/c1-12-15(13-5-3-2-4-6-13)16-18(26-12)21-11-23(19(16)25)22-17(24)14-7-9-20-10-8-14/h2-11H,1H3,(H,22,24). The van der Waals surface area contributed by atoms with E-state index in [1.165, 1.54) is 30.1 Å². The van der Waals surface area contributed by atoms with Gasteiger partial charge in [0.15, 0.2) is 0 Å². The molecule has 1 N–H and O–H groups in total. The second-order valence-electron chi connectivity index (χ2n) is 5.68. The molecule has 0 spiro atoms. The Balaban J connectivity index is 1.82. The lowest BCUT2D eigenvalue weighted by atomic mass is 10.0. The fourth-order valence-electron chi connectivity index (χ4n) is 2.81. The molecule has 1 amide bonds. The highest BCUT2D eigenvalue weighted by atomic mass is 32.1. The van der Waals surface area contributed by atoms with Crippen molar-refractivity contribution in [3.05, 3.63) is 82.0 Å². The van der Waals surface area contributed by atoms with Gasteiger partial charge in [0.05, 0.1) is 5.39 Å². The topological polar surface area (TPSA) is 76.9 Å². The van der Waals surface area contributed by atoms with E-state index in [2.05, 4.69) is 15.4 Å². The second kappa shape index (κ2) is 6.53. The average Bonchev–Trinajstić information content (AvgIpc) is 3.02. The Hall–Kier alpha value is -3.32. The highest BCUT2D eigenvalue weighted by Crippen LogP contribution is 2.35. The van der Waals surface area contributed by atoms with Crippen LogP contribution >= 0.6 is 11.3 Å². The van der Waals surface area contributed by atoms with Crippen LogP contribution in [0.3, 0.4) is 0 Å². The van der Waals surface area contributed by atoms with Crippen molar-refractivity contribution in [1.29, 1.82) is 0 Å². The molecular weight excluding hydrogens is 348 g/mol. The van der Waals surface area contributed by atoms with Gasteiger partial charge in [0.1, 0.15) is 11.2 Å². The normalized spacial score (nSPS) is 10.8. The first-order valence-electron chi connectivity index (χ1n) is 7.92. The molecule has 0 aliphatic heterocycles. The Labute approximate surface area is 152 Å². The van der Waals surface area contributed by atoms with Crippen molar-refractivity contribution in [2.45, 2.75) is 6.92 Å². The summed E-state index contributed by atoms with van der Waals surface area (Å²) in [7, 11) is 0. The number of hydrogen-bond acceptors (Lipinski definition) is 5. The largest absolute Gasteiger partial charge is 0.281 e. The zero-order valence-corrected chi connectivity index (χ0v) is 14.7. The summed E-state index contributed by atoms with van der Waals surface area (Å²) in [4.78, 5) is 35.2. The highest BCUT2D eigenvalue weighted by molar-refractivity contribution is 7.19. The van der Waals surface area contributed by atoms with Crippen molar-refractivity contribution in [2.24, 2.45) is 0 Å². The molecule has 0 radical (unpaired) electrons. The van der Waals surface area contributed by atoms with Gasteiger partial charge in [-0.25, -0.2) is 9.66 Å². The molecule has 4 aromatic rings. The number of pyridine rings is 1. The van der Waals surface area contributed by atoms with Gasteiger partial charge >= 0.3 is 0 Å².